The Labute approximate surface area is 88.6 Å². The number of nitrogens with one attached hydrogen (secondary N) is 1. The number of methoxy groups -OCH3 is 1. The molecule has 1 aromatic rings. The van der Waals surface area contributed by atoms with Gasteiger partial charge in [-0.1, -0.05) is 0 Å². The van der Waals surface area contributed by atoms with Gasteiger partial charge in [0.1, 0.15) is 18.2 Å². The molecule has 0 saturated heterocycles. The molecule has 0 aliphatic rings. The second kappa shape index (κ2) is 5.45. The Morgan fingerprint density at radius 2 is 2.47 bits per heavy atom. The van der Waals surface area contributed by atoms with Crippen molar-refractivity contribution in [2.75, 3.05) is 7.11 Å². The molecule has 0 spiro atoms. The van der Waals surface area contributed by atoms with E-state index in [9.17, 15) is 4.79 Å². The van der Waals surface area contributed by atoms with Crippen molar-refractivity contribution in [1.29, 1.82) is 0 Å². The van der Waals surface area contributed by atoms with Crippen molar-refractivity contribution in [3.8, 4) is 0 Å². The van der Waals surface area contributed by atoms with Gasteiger partial charge in [0.15, 0.2) is 0 Å². The summed E-state index contributed by atoms with van der Waals surface area (Å²) in [6.45, 7) is 5.08. The number of nitrogens with zero attached hydrogens (tertiary/aromatic N) is 3. The molecule has 6 nitrogen and oxygen atoms in total. The van der Waals surface area contributed by atoms with E-state index in [0.29, 0.717) is 6.54 Å². The Morgan fingerprint density at radius 1 is 1.73 bits per heavy atom. The largest absolute Gasteiger partial charge is 0.468 e. The number of carbonyl (C=O) groups excluding carboxylic acids is 1. The normalized spacial score (nSPS) is 12.5. The van der Waals surface area contributed by atoms with Crippen LogP contribution >= 0.6 is 0 Å². The summed E-state index contributed by atoms with van der Waals surface area (Å²) in [5.74, 6) is 0.533. The van der Waals surface area contributed by atoms with Crippen LogP contribution in [0, 0.1) is 0 Å². The van der Waals surface area contributed by atoms with Crippen LogP contribution in [-0.2, 0) is 22.6 Å². The molecule has 15 heavy (non-hydrogen) atoms. The second-order valence-corrected chi connectivity index (χ2v) is 3.16. The zero-order valence-corrected chi connectivity index (χ0v) is 9.23. The van der Waals surface area contributed by atoms with Crippen molar-refractivity contribution < 1.29 is 9.53 Å². The summed E-state index contributed by atoms with van der Waals surface area (Å²) in [7, 11) is 1.37. The zero-order valence-electron chi connectivity index (χ0n) is 9.23. The highest BCUT2D eigenvalue weighted by Gasteiger charge is 2.13. The van der Waals surface area contributed by atoms with Crippen molar-refractivity contribution >= 4 is 5.97 Å². The molecule has 1 rings (SSSR count). The van der Waals surface area contributed by atoms with Crippen LogP contribution in [0.25, 0.3) is 0 Å². The SMILES string of the molecule is CCn1cnnc1CNC(C)C(=O)OC. The van der Waals surface area contributed by atoms with E-state index in [1.807, 2.05) is 11.5 Å². The molecule has 84 valence electrons. The first-order valence-electron chi connectivity index (χ1n) is 4.87. The molecule has 0 bridgehead atoms. The summed E-state index contributed by atoms with van der Waals surface area (Å²) in [5, 5.41) is 10.7. The third-order valence-electron chi connectivity index (χ3n) is 2.16. The number of rotatable bonds is 5. The van der Waals surface area contributed by atoms with Crippen LogP contribution in [0.5, 0.6) is 0 Å². The average Bonchev–Trinajstić information content (AvgIpc) is 2.71. The molecule has 0 radical (unpaired) electrons. The van der Waals surface area contributed by atoms with Crippen molar-refractivity contribution in [1.82, 2.24) is 20.1 Å². The van der Waals surface area contributed by atoms with Crippen molar-refractivity contribution in [2.45, 2.75) is 33.0 Å². The molecular formula is C9H16N4O2. The van der Waals surface area contributed by atoms with Crippen molar-refractivity contribution in [2.24, 2.45) is 0 Å². The van der Waals surface area contributed by atoms with Gasteiger partial charge < -0.3 is 9.30 Å². The van der Waals surface area contributed by atoms with Gasteiger partial charge in [0.2, 0.25) is 0 Å². The van der Waals surface area contributed by atoms with Crippen LogP contribution in [0.4, 0.5) is 0 Å². The molecule has 1 aromatic heterocycles. The zero-order chi connectivity index (χ0) is 11.3. The van der Waals surface area contributed by atoms with Crippen LogP contribution in [0.3, 0.4) is 0 Å². The van der Waals surface area contributed by atoms with Crippen molar-refractivity contribution in [3.05, 3.63) is 12.2 Å². The molecule has 0 aliphatic carbocycles. The van der Waals surface area contributed by atoms with Gasteiger partial charge in [0, 0.05) is 6.54 Å². The fourth-order valence-corrected chi connectivity index (χ4v) is 1.18. The van der Waals surface area contributed by atoms with E-state index in [-0.39, 0.29) is 12.0 Å². The fraction of sp³-hybridized carbons (Fsp3) is 0.667. The monoisotopic (exact) mass is 212 g/mol. The Hall–Kier alpha value is -1.43. The maximum absolute atomic E-state index is 11.1. The molecule has 1 N–H and O–H groups in total. The number of aryl methyl sites for hydroxylation is 1. The molecule has 0 aliphatic heterocycles. The van der Waals surface area contributed by atoms with Crippen molar-refractivity contribution in [3.63, 3.8) is 0 Å². The predicted octanol–water partition coefficient (Wildman–Crippen LogP) is -0.0509. The molecule has 0 amide bonds. The summed E-state index contributed by atoms with van der Waals surface area (Å²) in [6.07, 6.45) is 1.67. The highest BCUT2D eigenvalue weighted by atomic mass is 16.5. The molecule has 6 heteroatoms. The summed E-state index contributed by atoms with van der Waals surface area (Å²) in [4.78, 5) is 11.1. The minimum absolute atomic E-state index is 0.280. The first-order chi connectivity index (χ1) is 7.19. The number of hydrogen-bond acceptors (Lipinski definition) is 5. The van der Waals surface area contributed by atoms with Gasteiger partial charge in [0.25, 0.3) is 0 Å². The lowest BCUT2D eigenvalue weighted by Crippen LogP contribution is -2.35. The molecular weight excluding hydrogens is 196 g/mol. The maximum atomic E-state index is 11.1. The third-order valence-corrected chi connectivity index (χ3v) is 2.16. The molecule has 1 unspecified atom stereocenters. The Balaban J connectivity index is 2.46. The van der Waals surface area contributed by atoms with Crippen LogP contribution in [0.15, 0.2) is 6.33 Å². The van der Waals surface area contributed by atoms with Gasteiger partial charge in [-0.25, -0.2) is 0 Å². The molecule has 1 heterocycles. The lowest BCUT2D eigenvalue weighted by atomic mass is 10.3. The fourth-order valence-electron chi connectivity index (χ4n) is 1.18. The van der Waals surface area contributed by atoms with Gasteiger partial charge in [-0.2, -0.15) is 0 Å². The van der Waals surface area contributed by atoms with Crippen LogP contribution in [0.1, 0.15) is 19.7 Å². The summed E-state index contributed by atoms with van der Waals surface area (Å²) >= 11 is 0. The molecule has 1 atom stereocenters. The number of ether oxygens (including phenoxy) is 1. The first kappa shape index (κ1) is 11.6. The summed E-state index contributed by atoms with van der Waals surface area (Å²) < 4.78 is 6.51. The Morgan fingerprint density at radius 3 is 3.07 bits per heavy atom. The standard InChI is InChI=1S/C9H16N4O2/c1-4-13-6-11-12-8(13)5-10-7(2)9(14)15-3/h6-7,10H,4-5H2,1-3H3. The van der Waals surface area contributed by atoms with E-state index in [1.165, 1.54) is 7.11 Å². The summed E-state index contributed by atoms with van der Waals surface area (Å²) in [6, 6.07) is -0.336. The molecule has 0 fully saturated rings. The van der Waals surface area contributed by atoms with Gasteiger partial charge >= 0.3 is 5.97 Å². The van der Waals surface area contributed by atoms with E-state index in [0.717, 1.165) is 12.4 Å². The van der Waals surface area contributed by atoms with Crippen LogP contribution in [-0.4, -0.2) is 33.9 Å². The highest BCUT2D eigenvalue weighted by Crippen LogP contribution is 1.95. The van der Waals surface area contributed by atoms with E-state index in [2.05, 4.69) is 20.3 Å². The average molecular weight is 212 g/mol. The van der Waals surface area contributed by atoms with Gasteiger partial charge in [0.05, 0.1) is 13.7 Å². The van der Waals surface area contributed by atoms with Gasteiger partial charge in [-0.15, -0.1) is 10.2 Å². The number of carbonyl (C=O) groups is 1. The van der Waals surface area contributed by atoms with Gasteiger partial charge in [-0.05, 0) is 13.8 Å². The van der Waals surface area contributed by atoms with E-state index in [1.54, 1.807) is 13.3 Å². The Bertz CT molecular complexity index is 324. The van der Waals surface area contributed by atoms with E-state index >= 15 is 0 Å². The lowest BCUT2D eigenvalue weighted by Gasteiger charge is -2.11. The minimum atomic E-state index is -0.336. The Kier molecular flexibility index (Phi) is 4.23. The smallest absolute Gasteiger partial charge is 0.322 e. The third kappa shape index (κ3) is 3.02. The quantitative estimate of drug-likeness (QED) is 0.693. The predicted molar refractivity (Wildman–Crippen MR) is 54.0 cm³/mol. The van der Waals surface area contributed by atoms with Crippen LogP contribution < -0.4 is 5.32 Å². The number of aromatic nitrogens is 3. The second-order valence-electron chi connectivity index (χ2n) is 3.16. The lowest BCUT2D eigenvalue weighted by molar-refractivity contribution is -0.142. The first-order valence-corrected chi connectivity index (χ1v) is 4.87. The van der Waals surface area contributed by atoms with E-state index < -0.39 is 0 Å². The topological polar surface area (TPSA) is 69.0 Å². The highest BCUT2D eigenvalue weighted by molar-refractivity contribution is 5.74. The van der Waals surface area contributed by atoms with E-state index in [4.69, 9.17) is 0 Å². The van der Waals surface area contributed by atoms with Gasteiger partial charge in [-0.3, -0.25) is 10.1 Å². The maximum Gasteiger partial charge on any atom is 0.322 e. The minimum Gasteiger partial charge on any atom is -0.468 e. The molecule has 0 aromatic carbocycles. The number of hydrogen-bond donors (Lipinski definition) is 1. The summed E-state index contributed by atoms with van der Waals surface area (Å²) in [5.41, 5.74) is 0. The number of esters is 1. The molecule has 0 saturated carbocycles. The van der Waals surface area contributed by atoms with Crippen LogP contribution in [0.2, 0.25) is 0 Å².